The predicted molar refractivity (Wildman–Crippen MR) is 75.0 cm³/mol. The molecule has 0 aliphatic heterocycles. The number of ether oxygens (including phenoxy) is 1. The Kier molecular flexibility index (Phi) is 5.54. The van der Waals surface area contributed by atoms with Crippen molar-refractivity contribution in [3.05, 3.63) is 18.2 Å². The summed E-state index contributed by atoms with van der Waals surface area (Å²) in [7, 11) is 1.43. The van der Waals surface area contributed by atoms with Gasteiger partial charge in [0.05, 0.1) is 7.11 Å². The molecule has 2 unspecified atom stereocenters. The highest BCUT2D eigenvalue weighted by Crippen LogP contribution is 2.23. The average Bonchev–Trinajstić information content (AvgIpc) is 2.81. The van der Waals surface area contributed by atoms with Crippen LogP contribution in [0.4, 0.5) is 0 Å². The van der Waals surface area contributed by atoms with Gasteiger partial charge in [0, 0.05) is 18.4 Å². The fraction of sp³-hybridized carbons (Fsp3) is 0.714. The SMILES string of the molecule is CCCNC(C)(CC(C)n1ccnc1C)C(=O)OC. The van der Waals surface area contributed by atoms with Gasteiger partial charge >= 0.3 is 5.97 Å². The summed E-state index contributed by atoms with van der Waals surface area (Å²) in [6.45, 7) is 8.82. The summed E-state index contributed by atoms with van der Waals surface area (Å²) in [6, 6.07) is 0.177. The first-order valence-corrected chi connectivity index (χ1v) is 6.77. The summed E-state index contributed by atoms with van der Waals surface area (Å²) < 4.78 is 7.01. The summed E-state index contributed by atoms with van der Waals surface area (Å²) in [6.07, 6.45) is 5.36. The van der Waals surface area contributed by atoms with Crippen molar-refractivity contribution in [2.45, 2.75) is 52.1 Å². The molecule has 0 spiro atoms. The highest BCUT2D eigenvalue weighted by atomic mass is 16.5. The van der Waals surface area contributed by atoms with Crippen LogP contribution in [-0.4, -0.2) is 34.7 Å². The first kappa shape index (κ1) is 15.7. The number of carbonyl (C=O) groups excluding carboxylic acids is 1. The molecule has 0 aromatic carbocycles. The van der Waals surface area contributed by atoms with Crippen molar-refractivity contribution >= 4 is 5.97 Å². The number of hydrogen-bond donors (Lipinski definition) is 1. The zero-order chi connectivity index (χ0) is 14.5. The quantitative estimate of drug-likeness (QED) is 0.768. The van der Waals surface area contributed by atoms with Gasteiger partial charge in [-0.2, -0.15) is 0 Å². The molecule has 5 nitrogen and oxygen atoms in total. The number of methoxy groups -OCH3 is 1. The normalized spacial score (nSPS) is 15.8. The molecule has 1 heterocycles. The van der Waals surface area contributed by atoms with Gasteiger partial charge < -0.3 is 14.6 Å². The molecule has 1 N–H and O–H groups in total. The molecule has 0 radical (unpaired) electrons. The van der Waals surface area contributed by atoms with Crippen molar-refractivity contribution in [3.8, 4) is 0 Å². The van der Waals surface area contributed by atoms with Gasteiger partial charge in [0.1, 0.15) is 11.4 Å². The number of nitrogens with zero attached hydrogens (tertiary/aromatic N) is 2. The minimum atomic E-state index is -0.666. The van der Waals surface area contributed by atoms with E-state index in [4.69, 9.17) is 4.74 Å². The number of aromatic nitrogens is 2. The first-order valence-electron chi connectivity index (χ1n) is 6.77. The van der Waals surface area contributed by atoms with Crippen molar-refractivity contribution in [3.63, 3.8) is 0 Å². The lowest BCUT2D eigenvalue weighted by atomic mass is 9.93. The molecule has 5 heteroatoms. The predicted octanol–water partition coefficient (Wildman–Crippen LogP) is 2.07. The van der Waals surface area contributed by atoms with Crippen LogP contribution in [0.25, 0.3) is 0 Å². The zero-order valence-electron chi connectivity index (χ0n) is 12.6. The number of carbonyl (C=O) groups is 1. The average molecular weight is 267 g/mol. The Morgan fingerprint density at radius 1 is 1.63 bits per heavy atom. The van der Waals surface area contributed by atoms with Gasteiger partial charge in [-0.25, -0.2) is 4.98 Å². The summed E-state index contributed by atoms with van der Waals surface area (Å²) >= 11 is 0. The molecule has 0 saturated carbocycles. The molecule has 108 valence electrons. The third-order valence-corrected chi connectivity index (χ3v) is 3.44. The fourth-order valence-corrected chi connectivity index (χ4v) is 2.40. The van der Waals surface area contributed by atoms with Gasteiger partial charge in [-0.15, -0.1) is 0 Å². The van der Waals surface area contributed by atoms with E-state index in [2.05, 4.69) is 28.7 Å². The van der Waals surface area contributed by atoms with Crippen LogP contribution < -0.4 is 5.32 Å². The maximum Gasteiger partial charge on any atom is 0.325 e. The van der Waals surface area contributed by atoms with E-state index < -0.39 is 5.54 Å². The van der Waals surface area contributed by atoms with Gasteiger partial charge in [-0.05, 0) is 40.2 Å². The molecule has 19 heavy (non-hydrogen) atoms. The van der Waals surface area contributed by atoms with Crippen LogP contribution in [0.3, 0.4) is 0 Å². The largest absolute Gasteiger partial charge is 0.468 e. The number of esters is 1. The molecular weight excluding hydrogens is 242 g/mol. The van der Waals surface area contributed by atoms with Gasteiger partial charge in [0.2, 0.25) is 0 Å². The Balaban J connectivity index is 2.82. The highest BCUT2D eigenvalue weighted by molar-refractivity contribution is 5.80. The standard InChI is InChI=1S/C14H25N3O2/c1-6-7-16-14(4,13(18)19-5)10-11(2)17-9-8-15-12(17)3/h8-9,11,16H,6-7,10H2,1-5H3. The number of rotatable bonds is 7. The van der Waals surface area contributed by atoms with E-state index in [0.29, 0.717) is 6.42 Å². The molecule has 0 saturated heterocycles. The molecule has 2 atom stereocenters. The Bertz CT molecular complexity index is 417. The molecule has 1 aromatic heterocycles. The summed E-state index contributed by atoms with van der Waals surface area (Å²) in [5.41, 5.74) is -0.666. The Morgan fingerprint density at radius 2 is 2.32 bits per heavy atom. The monoisotopic (exact) mass is 267 g/mol. The lowest BCUT2D eigenvalue weighted by molar-refractivity contribution is -0.148. The van der Waals surface area contributed by atoms with Crippen molar-refractivity contribution in [1.29, 1.82) is 0 Å². The maximum absolute atomic E-state index is 12.0. The van der Waals surface area contributed by atoms with Gasteiger partial charge in [-0.1, -0.05) is 6.92 Å². The molecule has 0 fully saturated rings. The second-order valence-electron chi connectivity index (χ2n) is 5.19. The van der Waals surface area contributed by atoms with E-state index in [9.17, 15) is 4.79 Å². The number of nitrogens with one attached hydrogen (secondary N) is 1. The molecule has 1 aromatic rings. The Labute approximate surface area is 115 Å². The van der Waals surface area contributed by atoms with Gasteiger partial charge in [0.15, 0.2) is 0 Å². The minimum absolute atomic E-state index is 0.177. The Morgan fingerprint density at radius 3 is 2.79 bits per heavy atom. The summed E-state index contributed by atoms with van der Waals surface area (Å²) in [4.78, 5) is 16.2. The van der Waals surface area contributed by atoms with Crippen LogP contribution in [-0.2, 0) is 9.53 Å². The van der Waals surface area contributed by atoms with Crippen LogP contribution in [0.1, 0.15) is 45.5 Å². The van der Waals surface area contributed by atoms with Crippen molar-refractivity contribution < 1.29 is 9.53 Å². The summed E-state index contributed by atoms with van der Waals surface area (Å²) in [5, 5.41) is 3.30. The lowest BCUT2D eigenvalue weighted by Gasteiger charge is -2.31. The second-order valence-corrected chi connectivity index (χ2v) is 5.19. The lowest BCUT2D eigenvalue weighted by Crippen LogP contribution is -2.51. The topological polar surface area (TPSA) is 56.2 Å². The van der Waals surface area contributed by atoms with Gasteiger partial charge in [-0.3, -0.25) is 4.79 Å². The maximum atomic E-state index is 12.0. The van der Waals surface area contributed by atoms with Gasteiger partial charge in [0.25, 0.3) is 0 Å². The van der Waals surface area contributed by atoms with E-state index in [0.717, 1.165) is 18.8 Å². The Hall–Kier alpha value is -1.36. The van der Waals surface area contributed by atoms with Crippen molar-refractivity contribution in [2.75, 3.05) is 13.7 Å². The third-order valence-electron chi connectivity index (χ3n) is 3.44. The highest BCUT2D eigenvalue weighted by Gasteiger charge is 2.35. The second kappa shape index (κ2) is 6.70. The molecule has 0 bridgehead atoms. The van der Waals surface area contributed by atoms with E-state index in [1.54, 1.807) is 6.20 Å². The van der Waals surface area contributed by atoms with Crippen molar-refractivity contribution in [2.24, 2.45) is 0 Å². The van der Waals surface area contributed by atoms with E-state index in [1.165, 1.54) is 7.11 Å². The van der Waals surface area contributed by atoms with Crippen LogP contribution in [0.5, 0.6) is 0 Å². The smallest absolute Gasteiger partial charge is 0.325 e. The molecule has 0 aliphatic carbocycles. The summed E-state index contributed by atoms with van der Waals surface area (Å²) in [5.74, 6) is 0.737. The molecule has 0 aliphatic rings. The minimum Gasteiger partial charge on any atom is -0.468 e. The fourth-order valence-electron chi connectivity index (χ4n) is 2.40. The first-order chi connectivity index (χ1) is 8.94. The van der Waals surface area contributed by atoms with Crippen molar-refractivity contribution in [1.82, 2.24) is 14.9 Å². The molecule has 1 rings (SSSR count). The van der Waals surface area contributed by atoms with E-state index >= 15 is 0 Å². The van der Waals surface area contributed by atoms with E-state index in [-0.39, 0.29) is 12.0 Å². The number of imidazole rings is 1. The third kappa shape index (κ3) is 3.80. The number of hydrogen-bond acceptors (Lipinski definition) is 4. The number of aryl methyl sites for hydroxylation is 1. The van der Waals surface area contributed by atoms with Crippen LogP contribution in [0, 0.1) is 6.92 Å². The zero-order valence-corrected chi connectivity index (χ0v) is 12.6. The molecule has 0 amide bonds. The molecular formula is C14H25N3O2. The van der Waals surface area contributed by atoms with Crippen LogP contribution in [0.15, 0.2) is 12.4 Å². The van der Waals surface area contributed by atoms with Crippen LogP contribution in [0.2, 0.25) is 0 Å². The van der Waals surface area contributed by atoms with E-state index in [1.807, 2.05) is 20.0 Å². The van der Waals surface area contributed by atoms with Crippen LogP contribution >= 0.6 is 0 Å².